The number of rotatable bonds is 5. The van der Waals surface area contributed by atoms with Gasteiger partial charge in [-0.25, -0.2) is 0 Å². The molecule has 1 saturated carbocycles. The fourth-order valence-corrected chi connectivity index (χ4v) is 4.74. The van der Waals surface area contributed by atoms with Crippen molar-refractivity contribution in [2.24, 2.45) is 0 Å². The van der Waals surface area contributed by atoms with Gasteiger partial charge in [-0.15, -0.1) is 5.10 Å². The summed E-state index contributed by atoms with van der Waals surface area (Å²) < 4.78 is 11.3. The molecular weight excluding hydrogens is 402 g/mol. The number of methoxy groups -OCH3 is 1. The molecule has 164 valence electrons. The van der Waals surface area contributed by atoms with Crippen molar-refractivity contribution in [1.82, 2.24) is 20.5 Å². The van der Waals surface area contributed by atoms with Gasteiger partial charge in [-0.3, -0.25) is 0 Å². The van der Waals surface area contributed by atoms with Crippen molar-refractivity contribution in [2.45, 2.75) is 44.4 Å². The Morgan fingerprint density at radius 1 is 1.12 bits per heavy atom. The molecule has 6 rings (SSSR count). The standard InChI is InChI=1S/C25H27N5O2/c1-25(8-9-25)28-19-7-10-30(14-19)22-6-5-21-20-4-3-16(11-18(20)15-32-24(21)27-22)17-12-23(31-2)29-26-13-17/h3-6,11-13,19,28H,7-10,14-15H2,1-2H3. The lowest BCUT2D eigenvalue weighted by Gasteiger charge is -2.24. The van der Waals surface area contributed by atoms with Crippen LogP contribution in [-0.4, -0.2) is 47.0 Å². The molecule has 3 aromatic rings. The molecule has 7 heteroatoms. The molecule has 2 fully saturated rings. The second-order valence-electron chi connectivity index (χ2n) is 9.31. The third-order valence-electron chi connectivity index (χ3n) is 6.84. The van der Waals surface area contributed by atoms with Gasteiger partial charge in [-0.05, 0) is 61.1 Å². The molecule has 1 unspecified atom stereocenters. The number of aromatic nitrogens is 3. The Bertz CT molecular complexity index is 1180. The maximum absolute atomic E-state index is 6.10. The van der Waals surface area contributed by atoms with E-state index in [4.69, 9.17) is 14.5 Å². The van der Waals surface area contributed by atoms with Crippen LogP contribution in [0, 0.1) is 0 Å². The first-order valence-corrected chi connectivity index (χ1v) is 11.3. The minimum atomic E-state index is 0.368. The zero-order valence-electron chi connectivity index (χ0n) is 18.5. The van der Waals surface area contributed by atoms with Crippen LogP contribution < -0.4 is 19.7 Å². The molecule has 1 N–H and O–H groups in total. The van der Waals surface area contributed by atoms with Gasteiger partial charge in [0.15, 0.2) is 0 Å². The van der Waals surface area contributed by atoms with Crippen molar-refractivity contribution in [2.75, 3.05) is 25.1 Å². The topological polar surface area (TPSA) is 72.4 Å². The number of fused-ring (bicyclic) bond motifs is 3. The maximum atomic E-state index is 6.10. The van der Waals surface area contributed by atoms with Crippen LogP contribution in [0.2, 0.25) is 0 Å². The molecular formula is C25H27N5O2. The van der Waals surface area contributed by atoms with Gasteiger partial charge in [-0.1, -0.05) is 12.1 Å². The van der Waals surface area contributed by atoms with Crippen molar-refractivity contribution in [3.8, 4) is 34.0 Å². The summed E-state index contributed by atoms with van der Waals surface area (Å²) in [5, 5.41) is 11.8. The third-order valence-corrected chi connectivity index (χ3v) is 6.84. The first kappa shape index (κ1) is 19.5. The molecule has 1 atom stereocenters. The second-order valence-corrected chi connectivity index (χ2v) is 9.31. The van der Waals surface area contributed by atoms with Crippen molar-refractivity contribution in [3.63, 3.8) is 0 Å². The molecule has 0 radical (unpaired) electrons. The van der Waals surface area contributed by atoms with E-state index in [1.165, 1.54) is 18.4 Å². The molecule has 0 amide bonds. The van der Waals surface area contributed by atoms with Crippen LogP contribution in [0.15, 0.2) is 42.6 Å². The van der Waals surface area contributed by atoms with E-state index < -0.39 is 0 Å². The summed E-state index contributed by atoms with van der Waals surface area (Å²) in [4.78, 5) is 7.26. The Kier molecular flexibility index (Phi) is 4.54. The highest BCUT2D eigenvalue weighted by atomic mass is 16.5. The molecule has 4 heterocycles. The van der Waals surface area contributed by atoms with E-state index in [0.717, 1.165) is 53.5 Å². The van der Waals surface area contributed by atoms with Crippen LogP contribution >= 0.6 is 0 Å². The van der Waals surface area contributed by atoms with Gasteiger partial charge in [0.05, 0.1) is 13.3 Å². The van der Waals surface area contributed by atoms with Gasteiger partial charge >= 0.3 is 0 Å². The molecule has 1 saturated heterocycles. The van der Waals surface area contributed by atoms with Gasteiger partial charge in [0.25, 0.3) is 0 Å². The summed E-state index contributed by atoms with van der Waals surface area (Å²) in [5.41, 5.74) is 5.76. The zero-order chi connectivity index (χ0) is 21.7. The largest absolute Gasteiger partial charge is 0.480 e. The van der Waals surface area contributed by atoms with Crippen LogP contribution in [0.4, 0.5) is 5.82 Å². The molecule has 7 nitrogen and oxygen atoms in total. The molecule has 2 aliphatic heterocycles. The Balaban J connectivity index is 1.24. The number of ether oxygens (including phenoxy) is 2. The summed E-state index contributed by atoms with van der Waals surface area (Å²) >= 11 is 0. The first-order valence-electron chi connectivity index (χ1n) is 11.3. The van der Waals surface area contributed by atoms with Gasteiger partial charge in [-0.2, -0.15) is 10.1 Å². The molecule has 0 spiro atoms. The Hall–Kier alpha value is -3.19. The predicted molar refractivity (Wildman–Crippen MR) is 123 cm³/mol. The van der Waals surface area contributed by atoms with Crippen molar-refractivity contribution >= 4 is 5.82 Å². The van der Waals surface area contributed by atoms with E-state index in [-0.39, 0.29) is 0 Å². The van der Waals surface area contributed by atoms with E-state index in [0.29, 0.717) is 24.1 Å². The number of nitrogens with one attached hydrogen (secondary N) is 1. The second kappa shape index (κ2) is 7.45. The van der Waals surface area contributed by atoms with Crippen LogP contribution in [0.25, 0.3) is 22.3 Å². The zero-order valence-corrected chi connectivity index (χ0v) is 18.5. The van der Waals surface area contributed by atoms with Crippen molar-refractivity contribution < 1.29 is 9.47 Å². The number of hydrogen-bond acceptors (Lipinski definition) is 7. The van der Waals surface area contributed by atoms with Gasteiger partial charge in [0, 0.05) is 41.9 Å². The van der Waals surface area contributed by atoms with Crippen LogP contribution in [0.3, 0.4) is 0 Å². The summed E-state index contributed by atoms with van der Waals surface area (Å²) in [6.07, 6.45) is 5.49. The molecule has 3 aliphatic rings. The normalized spacial score (nSPS) is 20.3. The molecule has 1 aromatic carbocycles. The minimum absolute atomic E-state index is 0.368. The molecule has 32 heavy (non-hydrogen) atoms. The summed E-state index contributed by atoms with van der Waals surface area (Å²) in [7, 11) is 1.60. The first-order chi connectivity index (χ1) is 15.6. The Labute approximate surface area is 187 Å². The minimum Gasteiger partial charge on any atom is -0.480 e. The highest BCUT2D eigenvalue weighted by Gasteiger charge is 2.40. The van der Waals surface area contributed by atoms with Crippen LogP contribution in [0.5, 0.6) is 11.8 Å². The maximum Gasteiger partial charge on any atom is 0.233 e. The molecule has 1 aliphatic carbocycles. The van der Waals surface area contributed by atoms with E-state index in [1.807, 2.05) is 6.07 Å². The summed E-state index contributed by atoms with van der Waals surface area (Å²) in [6, 6.07) is 13.1. The SMILES string of the molecule is COc1cc(-c2ccc3c(c2)COc2nc(N4CCC(NC5(C)CC5)C4)ccc2-3)cnn1. The van der Waals surface area contributed by atoms with Gasteiger partial charge in [0.1, 0.15) is 12.4 Å². The lowest BCUT2D eigenvalue weighted by molar-refractivity contribution is 0.290. The van der Waals surface area contributed by atoms with E-state index >= 15 is 0 Å². The average Bonchev–Trinajstić information content (AvgIpc) is 3.37. The lowest BCUT2D eigenvalue weighted by atomic mass is 9.95. The summed E-state index contributed by atoms with van der Waals surface area (Å²) in [6.45, 7) is 4.86. The van der Waals surface area contributed by atoms with Crippen molar-refractivity contribution in [3.05, 3.63) is 48.2 Å². The number of anilines is 1. The Morgan fingerprint density at radius 3 is 2.84 bits per heavy atom. The molecule has 0 bridgehead atoms. The van der Waals surface area contributed by atoms with E-state index in [9.17, 15) is 0 Å². The number of benzene rings is 1. The van der Waals surface area contributed by atoms with Crippen molar-refractivity contribution in [1.29, 1.82) is 0 Å². The lowest BCUT2D eigenvalue weighted by Crippen LogP contribution is -2.40. The van der Waals surface area contributed by atoms with Crippen LogP contribution in [-0.2, 0) is 6.61 Å². The van der Waals surface area contributed by atoms with Gasteiger partial charge < -0.3 is 19.7 Å². The number of pyridine rings is 1. The predicted octanol–water partition coefficient (Wildman–Crippen LogP) is 3.83. The number of hydrogen-bond donors (Lipinski definition) is 1. The monoisotopic (exact) mass is 429 g/mol. The van der Waals surface area contributed by atoms with Crippen LogP contribution in [0.1, 0.15) is 31.7 Å². The third kappa shape index (κ3) is 3.56. The average molecular weight is 430 g/mol. The Morgan fingerprint density at radius 2 is 2.00 bits per heavy atom. The fourth-order valence-electron chi connectivity index (χ4n) is 4.74. The summed E-state index contributed by atoms with van der Waals surface area (Å²) in [5.74, 6) is 2.23. The fraction of sp³-hybridized carbons (Fsp3) is 0.400. The van der Waals surface area contributed by atoms with E-state index in [2.05, 4.69) is 57.7 Å². The highest BCUT2D eigenvalue weighted by Crippen LogP contribution is 2.40. The smallest absolute Gasteiger partial charge is 0.233 e. The van der Waals surface area contributed by atoms with Gasteiger partial charge in [0.2, 0.25) is 11.8 Å². The molecule has 2 aromatic heterocycles. The quantitative estimate of drug-likeness (QED) is 0.661. The van der Waals surface area contributed by atoms with E-state index in [1.54, 1.807) is 13.3 Å². The number of nitrogens with zero attached hydrogens (tertiary/aromatic N) is 4. The highest BCUT2D eigenvalue weighted by molar-refractivity contribution is 5.78.